The number of methoxy groups -OCH3 is 6. The van der Waals surface area contributed by atoms with Crippen molar-refractivity contribution in [1.82, 2.24) is 0 Å². The third-order valence-corrected chi connectivity index (χ3v) is 15.2. The topological polar surface area (TPSA) is 212 Å². The Kier molecular flexibility index (Phi) is 13.7. The van der Waals surface area contributed by atoms with E-state index in [2.05, 4.69) is 0 Å². The van der Waals surface area contributed by atoms with Gasteiger partial charge in [0.2, 0.25) is 11.5 Å². The summed E-state index contributed by atoms with van der Waals surface area (Å²) in [6.45, 7) is 4.79. The summed E-state index contributed by atoms with van der Waals surface area (Å²) in [5.74, 6) is -1.46. The third-order valence-electron chi connectivity index (χ3n) is 15.2. The Morgan fingerprint density at radius 1 is 0.691 bits per heavy atom. The molecular formula is C52H60O16. The van der Waals surface area contributed by atoms with Gasteiger partial charge in [0.1, 0.15) is 29.2 Å². The number of fused-ring (bicyclic) bond motifs is 5. The van der Waals surface area contributed by atoms with Crippen LogP contribution < -0.4 is 28.4 Å². The molecule has 364 valence electrons. The van der Waals surface area contributed by atoms with E-state index in [-0.39, 0.29) is 37.0 Å². The predicted octanol–water partition coefficient (Wildman–Crippen LogP) is 6.98. The molecule has 4 aliphatic rings. The average Bonchev–Trinajstić information content (AvgIpc) is 3.58. The van der Waals surface area contributed by atoms with Gasteiger partial charge in [-0.1, -0.05) is 18.6 Å². The van der Waals surface area contributed by atoms with Crippen molar-refractivity contribution in [2.24, 2.45) is 16.7 Å². The number of ketones is 1. The quantitative estimate of drug-likeness (QED) is 0.0607. The molecule has 8 atom stereocenters. The van der Waals surface area contributed by atoms with E-state index in [0.717, 1.165) is 11.6 Å². The van der Waals surface area contributed by atoms with E-state index >= 15 is 0 Å². The van der Waals surface area contributed by atoms with E-state index in [1.807, 2.05) is 13.0 Å². The van der Waals surface area contributed by atoms with Gasteiger partial charge in [-0.2, -0.15) is 0 Å². The minimum atomic E-state index is -2.17. The monoisotopic (exact) mass is 940 g/mol. The highest BCUT2D eigenvalue weighted by Crippen LogP contribution is 2.71. The number of phenolic OH excluding ortho intramolecular Hbond substituents is 1. The number of hydrogen-bond acceptors (Lipinski definition) is 16. The lowest BCUT2D eigenvalue weighted by molar-refractivity contribution is -0.313. The van der Waals surface area contributed by atoms with Crippen molar-refractivity contribution in [3.63, 3.8) is 0 Å². The van der Waals surface area contributed by atoms with Gasteiger partial charge in [0.25, 0.3) is 0 Å². The van der Waals surface area contributed by atoms with Crippen molar-refractivity contribution in [3.05, 3.63) is 89.0 Å². The zero-order valence-corrected chi connectivity index (χ0v) is 39.8. The molecule has 0 radical (unpaired) electrons. The lowest BCUT2D eigenvalue weighted by Crippen LogP contribution is -2.78. The van der Waals surface area contributed by atoms with Crippen LogP contribution in [0.2, 0.25) is 0 Å². The summed E-state index contributed by atoms with van der Waals surface area (Å²) in [7, 11) is 8.88. The third kappa shape index (κ3) is 8.10. The molecule has 0 aromatic heterocycles. The molecule has 0 spiro atoms. The van der Waals surface area contributed by atoms with Crippen LogP contribution in [0, 0.1) is 16.7 Å². The molecule has 3 saturated carbocycles. The number of phenols is 1. The molecule has 0 aliphatic heterocycles. The van der Waals surface area contributed by atoms with E-state index in [1.165, 1.54) is 86.0 Å². The first-order chi connectivity index (χ1) is 32.3. The minimum Gasteiger partial charge on any atom is -0.508 e. The van der Waals surface area contributed by atoms with Crippen molar-refractivity contribution >= 4 is 35.8 Å². The molecule has 3 aromatic carbocycles. The lowest BCUT2D eigenvalue weighted by Gasteiger charge is -2.67. The Morgan fingerprint density at radius 2 is 1.22 bits per heavy atom. The SMILES string of the molecule is COc1cc(/C=C/C(=O)O[C@H]2CC[C@@]3(C)C(=CC[C@]4(O)[C@@H]3C[C@@H](OC(=O)c3ccc(O)cc3)[C@@]3(C)[C@]4(O)CC[C@@]3(OC(=O)/C=C/c3cc(OC)c(OC)c(OC)c3)C(C)=O)C2)cc(OC)c1OC. The number of esters is 3. The average molecular weight is 941 g/mol. The van der Waals surface area contributed by atoms with Crippen molar-refractivity contribution in [2.45, 2.75) is 94.7 Å². The van der Waals surface area contributed by atoms with E-state index < -0.39 is 69.5 Å². The molecule has 4 aliphatic carbocycles. The molecule has 68 heavy (non-hydrogen) atoms. The van der Waals surface area contributed by atoms with Crippen molar-refractivity contribution < 1.29 is 77.1 Å². The first kappa shape index (κ1) is 49.4. The van der Waals surface area contributed by atoms with Crippen molar-refractivity contribution in [1.29, 1.82) is 0 Å². The summed E-state index contributed by atoms with van der Waals surface area (Å²) in [5.41, 5.74) is -6.79. The Labute approximate surface area is 395 Å². The summed E-state index contributed by atoms with van der Waals surface area (Å²) in [5, 5.41) is 36.6. The van der Waals surface area contributed by atoms with Gasteiger partial charge in [0.15, 0.2) is 34.4 Å². The normalized spacial score (nSPS) is 29.4. The second-order valence-electron chi connectivity index (χ2n) is 18.3. The van der Waals surface area contributed by atoms with Crippen LogP contribution in [0.5, 0.6) is 40.2 Å². The molecule has 3 aromatic rings. The van der Waals surface area contributed by atoms with E-state index in [9.17, 15) is 34.5 Å². The number of Topliss-reactive ketones (excluding diaryl/α,β-unsaturated/α-hetero) is 1. The van der Waals surface area contributed by atoms with Crippen LogP contribution in [0.25, 0.3) is 12.2 Å². The van der Waals surface area contributed by atoms with E-state index in [0.29, 0.717) is 64.9 Å². The Balaban J connectivity index is 1.20. The molecule has 3 N–H and O–H groups in total. The van der Waals surface area contributed by atoms with Crippen LogP contribution >= 0.6 is 0 Å². The van der Waals surface area contributed by atoms with E-state index in [4.69, 9.17) is 42.6 Å². The van der Waals surface area contributed by atoms with Crippen molar-refractivity contribution in [2.75, 3.05) is 42.7 Å². The largest absolute Gasteiger partial charge is 0.508 e. The Morgan fingerprint density at radius 3 is 1.72 bits per heavy atom. The molecule has 0 saturated heterocycles. The first-order valence-corrected chi connectivity index (χ1v) is 22.4. The minimum absolute atomic E-state index is 0.0389. The number of ether oxygens (including phenoxy) is 9. The predicted molar refractivity (Wildman–Crippen MR) is 247 cm³/mol. The fourth-order valence-electron chi connectivity index (χ4n) is 11.6. The maximum Gasteiger partial charge on any atom is 0.338 e. The van der Waals surface area contributed by atoms with Crippen LogP contribution in [0.3, 0.4) is 0 Å². The van der Waals surface area contributed by atoms with Gasteiger partial charge in [0.05, 0.1) is 53.6 Å². The first-order valence-electron chi connectivity index (χ1n) is 22.4. The van der Waals surface area contributed by atoms with Crippen LogP contribution in [-0.4, -0.2) is 111 Å². The summed E-state index contributed by atoms with van der Waals surface area (Å²) in [6, 6.07) is 12.1. The van der Waals surface area contributed by atoms with E-state index in [1.54, 1.807) is 37.3 Å². The van der Waals surface area contributed by atoms with Crippen LogP contribution in [0.15, 0.2) is 72.3 Å². The molecule has 7 rings (SSSR count). The zero-order chi connectivity index (χ0) is 49.4. The maximum atomic E-state index is 14.3. The summed E-state index contributed by atoms with van der Waals surface area (Å²) in [4.78, 5) is 55.6. The van der Waals surface area contributed by atoms with Gasteiger partial charge in [0, 0.05) is 24.5 Å². The maximum absolute atomic E-state index is 14.3. The molecule has 0 heterocycles. The highest BCUT2D eigenvalue weighted by Gasteiger charge is 2.83. The highest BCUT2D eigenvalue weighted by atomic mass is 16.6. The molecule has 0 bridgehead atoms. The molecule has 0 amide bonds. The fourth-order valence-corrected chi connectivity index (χ4v) is 11.6. The van der Waals surface area contributed by atoms with Crippen LogP contribution in [-0.2, 0) is 28.6 Å². The fraction of sp³-hybridized carbons (Fsp3) is 0.462. The Hall–Kier alpha value is -6.52. The lowest BCUT2D eigenvalue weighted by atomic mass is 9.42. The van der Waals surface area contributed by atoms with Crippen LogP contribution in [0.1, 0.15) is 87.2 Å². The summed E-state index contributed by atoms with van der Waals surface area (Å²) < 4.78 is 51.2. The van der Waals surface area contributed by atoms with Gasteiger partial charge in [-0.25, -0.2) is 14.4 Å². The molecule has 16 heteroatoms. The highest BCUT2D eigenvalue weighted by molar-refractivity contribution is 5.94. The summed E-state index contributed by atoms with van der Waals surface area (Å²) in [6.07, 6.45) is 6.25. The number of benzene rings is 3. The second kappa shape index (κ2) is 18.9. The van der Waals surface area contributed by atoms with Gasteiger partial charge < -0.3 is 58.0 Å². The van der Waals surface area contributed by atoms with Crippen molar-refractivity contribution in [3.8, 4) is 40.2 Å². The molecule has 0 unspecified atom stereocenters. The molecule has 3 fully saturated rings. The summed E-state index contributed by atoms with van der Waals surface area (Å²) >= 11 is 0. The number of rotatable bonds is 15. The number of carbonyl (C=O) groups excluding carboxylic acids is 4. The van der Waals surface area contributed by atoms with Gasteiger partial charge >= 0.3 is 17.9 Å². The van der Waals surface area contributed by atoms with Gasteiger partial charge in [-0.15, -0.1) is 0 Å². The van der Waals surface area contributed by atoms with Crippen LogP contribution in [0.4, 0.5) is 0 Å². The number of hydrogen-bond donors (Lipinski definition) is 3. The second-order valence-corrected chi connectivity index (χ2v) is 18.3. The molecular weight excluding hydrogens is 881 g/mol. The van der Waals surface area contributed by atoms with Gasteiger partial charge in [-0.05, 0) is 130 Å². The zero-order valence-electron chi connectivity index (χ0n) is 39.8. The molecule has 16 nitrogen and oxygen atoms in total. The number of carbonyl (C=O) groups is 4. The number of aromatic hydroxyl groups is 1. The number of aliphatic hydroxyl groups is 2. The van der Waals surface area contributed by atoms with Gasteiger partial charge in [-0.3, -0.25) is 4.79 Å². The standard InChI is InChI=1S/C52H60O16/c1-30(53)51(68-44(56)17-11-32-26-39(62-6)46(65-9)40(27-32)63-7)22-23-52(59)49(51,3)42(67-47(57)33-12-14-35(54)15-13-33)29-41-48(2)20-19-36(28-34(48)18-21-50(41,52)58)66-43(55)16-10-31-24-37(60-4)45(64-8)38(25-31)61-5/h10-18,24-27,36,41-42,54,58-59H,19-23,28-29H2,1-9H3/b16-10+,17-11+/t36-,41+,42+,48-,49+,50-,51+,52+/m0/s1. The Bertz CT molecular complexity index is 2490. The smallest absolute Gasteiger partial charge is 0.338 e.